The van der Waals surface area contributed by atoms with Gasteiger partial charge in [-0.15, -0.1) is 0 Å². The number of para-hydroxylation sites is 1. The van der Waals surface area contributed by atoms with E-state index in [-0.39, 0.29) is 11.8 Å². The van der Waals surface area contributed by atoms with Crippen molar-refractivity contribution >= 4 is 23.2 Å². The molecule has 1 spiro atoms. The normalized spacial score (nSPS) is 22.7. The number of carbonyl (C=O) groups excluding carboxylic acids is 2. The summed E-state index contributed by atoms with van der Waals surface area (Å²) in [6, 6.07) is 7.57. The van der Waals surface area contributed by atoms with Gasteiger partial charge in [0.2, 0.25) is 5.91 Å². The Morgan fingerprint density at radius 3 is 2.50 bits per heavy atom. The highest BCUT2D eigenvalue weighted by Gasteiger charge is 2.41. The third kappa shape index (κ3) is 3.12. The van der Waals surface area contributed by atoms with Crippen molar-refractivity contribution in [3.63, 3.8) is 0 Å². The van der Waals surface area contributed by atoms with Gasteiger partial charge in [-0.2, -0.15) is 5.10 Å². The predicted molar refractivity (Wildman–Crippen MR) is 95.8 cm³/mol. The fourth-order valence-electron chi connectivity index (χ4n) is 3.72. The minimum atomic E-state index is -0.506. The van der Waals surface area contributed by atoms with Crippen LogP contribution in [0.5, 0.6) is 0 Å². The van der Waals surface area contributed by atoms with Gasteiger partial charge in [0.25, 0.3) is 5.91 Å². The molecule has 4 rings (SSSR count). The second-order valence-electron chi connectivity index (χ2n) is 6.94. The molecule has 0 aliphatic carbocycles. The van der Waals surface area contributed by atoms with Crippen LogP contribution >= 0.6 is 0 Å². The molecule has 0 aromatic heterocycles. The molecule has 3 aliphatic rings. The van der Waals surface area contributed by atoms with Crippen molar-refractivity contribution in [2.24, 2.45) is 5.10 Å². The van der Waals surface area contributed by atoms with Crippen molar-refractivity contribution in [3.05, 3.63) is 29.8 Å². The number of carbonyl (C=O) groups is 2. The second kappa shape index (κ2) is 6.81. The number of anilines is 1. The standard InChI is InChI=1S/C19H23N3O4/c1-14-4-2-3-5-16(14)22-17(23)7-6-15(20-22)18(24)21-10-8-19(9-11-21)25-12-13-26-19/h2-5H,6-13H2,1H3. The van der Waals surface area contributed by atoms with Crippen LogP contribution in [0.3, 0.4) is 0 Å². The van der Waals surface area contributed by atoms with Crippen LogP contribution in [0.4, 0.5) is 5.69 Å². The number of rotatable bonds is 2. The second-order valence-corrected chi connectivity index (χ2v) is 6.94. The zero-order valence-electron chi connectivity index (χ0n) is 14.9. The lowest BCUT2D eigenvalue weighted by Crippen LogP contribution is -2.50. The van der Waals surface area contributed by atoms with Crippen LogP contribution in [0.2, 0.25) is 0 Å². The molecule has 3 heterocycles. The first-order chi connectivity index (χ1) is 12.6. The van der Waals surface area contributed by atoms with Gasteiger partial charge in [0.1, 0.15) is 5.71 Å². The first-order valence-electron chi connectivity index (χ1n) is 9.11. The molecule has 0 N–H and O–H groups in total. The van der Waals surface area contributed by atoms with Crippen molar-refractivity contribution < 1.29 is 19.1 Å². The number of aryl methyl sites for hydroxylation is 1. The Morgan fingerprint density at radius 1 is 1.12 bits per heavy atom. The molecule has 1 aromatic rings. The van der Waals surface area contributed by atoms with Crippen molar-refractivity contribution in [2.45, 2.75) is 38.4 Å². The largest absolute Gasteiger partial charge is 0.347 e. The van der Waals surface area contributed by atoms with Crippen molar-refractivity contribution in [2.75, 3.05) is 31.3 Å². The Morgan fingerprint density at radius 2 is 1.81 bits per heavy atom. The van der Waals surface area contributed by atoms with Gasteiger partial charge in [0, 0.05) is 38.8 Å². The SMILES string of the molecule is Cc1ccccc1N1N=C(C(=O)N2CCC3(CC2)OCCO3)CCC1=O. The van der Waals surface area contributed by atoms with E-state index in [1.54, 1.807) is 4.90 Å². The Labute approximate surface area is 152 Å². The number of hydrogen-bond donors (Lipinski definition) is 0. The third-order valence-corrected chi connectivity index (χ3v) is 5.25. The maximum absolute atomic E-state index is 12.9. The quantitative estimate of drug-likeness (QED) is 0.810. The van der Waals surface area contributed by atoms with E-state index in [0.717, 1.165) is 11.3 Å². The van der Waals surface area contributed by atoms with Crippen LogP contribution in [0, 0.1) is 6.92 Å². The molecule has 0 atom stereocenters. The van der Waals surface area contributed by atoms with Crippen LogP contribution in [-0.2, 0) is 19.1 Å². The summed E-state index contributed by atoms with van der Waals surface area (Å²) in [7, 11) is 0. The topological polar surface area (TPSA) is 71.4 Å². The number of likely N-dealkylation sites (tertiary alicyclic amines) is 1. The molecule has 2 fully saturated rings. The first kappa shape index (κ1) is 17.2. The van der Waals surface area contributed by atoms with Gasteiger partial charge < -0.3 is 14.4 Å². The van der Waals surface area contributed by atoms with Crippen LogP contribution < -0.4 is 5.01 Å². The maximum atomic E-state index is 12.9. The predicted octanol–water partition coefficient (Wildman–Crippen LogP) is 1.84. The Kier molecular flexibility index (Phi) is 4.50. The summed E-state index contributed by atoms with van der Waals surface area (Å²) in [5, 5.41) is 5.78. The highest BCUT2D eigenvalue weighted by atomic mass is 16.7. The Hall–Kier alpha value is -2.25. The molecule has 2 amide bonds. The molecule has 3 aliphatic heterocycles. The highest BCUT2D eigenvalue weighted by molar-refractivity contribution is 6.40. The number of benzene rings is 1. The lowest BCUT2D eigenvalue weighted by atomic mass is 10.0. The van der Waals surface area contributed by atoms with E-state index in [2.05, 4.69) is 5.10 Å². The van der Waals surface area contributed by atoms with Crippen molar-refractivity contribution in [1.29, 1.82) is 0 Å². The van der Waals surface area contributed by atoms with Gasteiger partial charge in [-0.3, -0.25) is 9.59 Å². The number of piperidine rings is 1. The lowest BCUT2D eigenvalue weighted by Gasteiger charge is -2.38. The van der Waals surface area contributed by atoms with Gasteiger partial charge in [-0.25, -0.2) is 5.01 Å². The Bertz CT molecular complexity index is 745. The zero-order chi connectivity index (χ0) is 18.1. The summed E-state index contributed by atoms with van der Waals surface area (Å²) in [5.41, 5.74) is 2.12. The van der Waals surface area contributed by atoms with Crippen LogP contribution in [0.1, 0.15) is 31.2 Å². The van der Waals surface area contributed by atoms with Crippen molar-refractivity contribution in [3.8, 4) is 0 Å². The lowest BCUT2D eigenvalue weighted by molar-refractivity contribution is -0.186. The fraction of sp³-hybridized carbons (Fsp3) is 0.526. The van der Waals surface area contributed by atoms with E-state index in [0.29, 0.717) is 57.7 Å². The number of nitrogens with zero attached hydrogens (tertiary/aromatic N) is 3. The van der Waals surface area contributed by atoms with E-state index in [9.17, 15) is 9.59 Å². The molecule has 7 nitrogen and oxygen atoms in total. The van der Waals surface area contributed by atoms with Crippen LogP contribution in [-0.4, -0.2) is 54.5 Å². The monoisotopic (exact) mass is 357 g/mol. The number of amides is 2. The fourth-order valence-corrected chi connectivity index (χ4v) is 3.72. The smallest absolute Gasteiger partial charge is 0.270 e. The summed E-state index contributed by atoms with van der Waals surface area (Å²) >= 11 is 0. The number of hydrogen-bond acceptors (Lipinski definition) is 5. The van der Waals surface area contributed by atoms with Crippen LogP contribution in [0.25, 0.3) is 0 Å². The molecular formula is C19H23N3O4. The molecular weight excluding hydrogens is 334 g/mol. The van der Waals surface area contributed by atoms with Gasteiger partial charge >= 0.3 is 0 Å². The maximum Gasteiger partial charge on any atom is 0.270 e. The van der Waals surface area contributed by atoms with E-state index in [4.69, 9.17) is 9.47 Å². The van der Waals surface area contributed by atoms with E-state index in [1.165, 1.54) is 5.01 Å². The zero-order valence-corrected chi connectivity index (χ0v) is 14.9. The summed E-state index contributed by atoms with van der Waals surface area (Å²) in [4.78, 5) is 27.0. The number of hydrazone groups is 1. The van der Waals surface area contributed by atoms with Crippen molar-refractivity contribution in [1.82, 2.24) is 4.90 Å². The molecule has 26 heavy (non-hydrogen) atoms. The summed E-state index contributed by atoms with van der Waals surface area (Å²) in [6.45, 7) is 4.33. The number of ether oxygens (including phenoxy) is 2. The van der Waals surface area contributed by atoms with E-state index < -0.39 is 5.79 Å². The molecule has 0 unspecified atom stereocenters. The minimum Gasteiger partial charge on any atom is -0.347 e. The molecule has 7 heteroatoms. The molecule has 138 valence electrons. The van der Waals surface area contributed by atoms with E-state index >= 15 is 0 Å². The average Bonchev–Trinajstić information content (AvgIpc) is 3.11. The van der Waals surface area contributed by atoms with Gasteiger partial charge in [-0.05, 0) is 18.6 Å². The average molecular weight is 357 g/mol. The molecule has 1 aromatic carbocycles. The van der Waals surface area contributed by atoms with Gasteiger partial charge in [-0.1, -0.05) is 18.2 Å². The first-order valence-corrected chi connectivity index (χ1v) is 9.11. The third-order valence-electron chi connectivity index (χ3n) is 5.25. The molecule has 0 radical (unpaired) electrons. The highest BCUT2D eigenvalue weighted by Crippen LogP contribution is 2.32. The molecule has 2 saturated heterocycles. The van der Waals surface area contributed by atoms with E-state index in [1.807, 2.05) is 31.2 Å². The summed E-state index contributed by atoms with van der Waals surface area (Å²) in [5.74, 6) is -0.681. The molecule has 0 bridgehead atoms. The Balaban J connectivity index is 1.50. The molecule has 0 saturated carbocycles. The summed E-state index contributed by atoms with van der Waals surface area (Å²) < 4.78 is 11.4. The van der Waals surface area contributed by atoms with Gasteiger partial charge in [0.15, 0.2) is 5.79 Å². The minimum absolute atomic E-state index is 0.0822. The summed E-state index contributed by atoms with van der Waals surface area (Å²) in [6.07, 6.45) is 2.02. The van der Waals surface area contributed by atoms with Crippen LogP contribution in [0.15, 0.2) is 29.4 Å². The van der Waals surface area contributed by atoms with Gasteiger partial charge in [0.05, 0.1) is 18.9 Å².